The number of carbonyl (C=O) groups excluding carboxylic acids is 11. The molecular weight excluding hydrogens is 1100 g/mol. The monoisotopic (exact) mass is 1200 g/mol. The number of carbonyl (C=O) groups is 11. The Labute approximate surface area is 498 Å². The molecule has 1 heterocycles. The van der Waals surface area contributed by atoms with Gasteiger partial charge < -0.3 is 97.4 Å². The molecule has 0 saturated carbocycles. The summed E-state index contributed by atoms with van der Waals surface area (Å²) in [5.41, 5.74) is 29.9. The van der Waals surface area contributed by atoms with E-state index in [9.17, 15) is 63.0 Å². The molecule has 29 nitrogen and oxygen atoms in total. The van der Waals surface area contributed by atoms with E-state index in [0.717, 1.165) is 19.3 Å². The molecule has 2 rings (SSSR count). The second-order valence-electron chi connectivity index (χ2n) is 22.0. The number of nitrogens with one attached hydrogen (secondary N) is 11. The summed E-state index contributed by atoms with van der Waals surface area (Å²) in [6.45, 7) is 9.00. The van der Waals surface area contributed by atoms with Crippen molar-refractivity contribution in [1.82, 2.24) is 58.5 Å². The Morgan fingerprint density at radius 2 is 1.06 bits per heavy atom. The van der Waals surface area contributed by atoms with Gasteiger partial charge in [0.15, 0.2) is 0 Å². The smallest absolute Gasteiger partial charge is 0.245 e. The maximum absolute atomic E-state index is 14.5. The van der Waals surface area contributed by atoms with Crippen LogP contribution in [0.1, 0.15) is 124 Å². The predicted octanol–water partition coefficient (Wildman–Crippen LogP) is -5.24. The van der Waals surface area contributed by atoms with Gasteiger partial charge in [-0.2, -0.15) is 0 Å². The van der Waals surface area contributed by atoms with E-state index in [1.165, 1.54) is 13.8 Å². The first-order valence-electron chi connectivity index (χ1n) is 29.5. The van der Waals surface area contributed by atoms with Gasteiger partial charge in [-0.05, 0) is 115 Å². The number of aliphatic hydroxyl groups is 2. The molecule has 480 valence electrons. The molecule has 0 aromatic heterocycles. The van der Waals surface area contributed by atoms with Crippen LogP contribution in [-0.2, 0) is 59.2 Å². The van der Waals surface area contributed by atoms with Gasteiger partial charge in [0.25, 0.3) is 0 Å². The summed E-state index contributed by atoms with van der Waals surface area (Å²) in [7, 11) is 0. The van der Waals surface area contributed by atoms with E-state index in [0.29, 0.717) is 17.9 Å². The van der Waals surface area contributed by atoms with Crippen LogP contribution in [0.25, 0.3) is 0 Å². The van der Waals surface area contributed by atoms with Crippen LogP contribution in [0.15, 0.2) is 30.3 Å². The van der Waals surface area contributed by atoms with Crippen molar-refractivity contribution in [3.05, 3.63) is 35.9 Å². The average Bonchev–Trinajstić information content (AvgIpc) is 3.67. The molecule has 1 aliphatic heterocycles. The molecule has 1 aliphatic rings. The van der Waals surface area contributed by atoms with Crippen molar-refractivity contribution in [2.24, 2.45) is 40.5 Å². The molecule has 29 heteroatoms. The number of hydrogen-bond donors (Lipinski definition) is 18. The van der Waals surface area contributed by atoms with E-state index >= 15 is 0 Å². The highest BCUT2D eigenvalue weighted by molar-refractivity contribution is 5.99. The molecular formula is C56H98N16O13. The van der Waals surface area contributed by atoms with Crippen LogP contribution < -0.4 is 87.2 Å². The van der Waals surface area contributed by atoms with E-state index in [1.54, 1.807) is 44.2 Å². The number of rotatable bonds is 29. The standard InChI is InChI=1S/C56H98N16O13/c1-7-32(4)13-11-12-16-44(75)63-36(17-23-57)51(80)72-46(34(6)74)56(85)68-39(20-26-60)48(77)67-41-22-28-62-55(84)45(33(5)73)71-52(81)40(21-27-61)65-47(76)37(18-24-58)66-53(82)42(29-31(2)3)69-54(83)43(30-35-14-9-8-10-15-35)70-49(78)38(19-25-59)64-50(41)79/h8-10,14-15,31-34,36-43,45-46,73-74H,7,11-13,16-30,57-61H2,1-6H3,(H,62,84)(H,63,75)(H,64,79)(H,65,76)(H,66,82)(H,67,77)(H,68,85)(H,69,83)(H,70,78)(H,71,81)(H,72,80)/t32?,33-,34-,36+,37+,38+,39+,40+,41+,42+,43-,45+,46+/m1/s1. The molecule has 1 aromatic rings. The molecule has 0 aliphatic carbocycles. The Bertz CT molecular complexity index is 2320. The molecule has 1 saturated heterocycles. The predicted molar refractivity (Wildman–Crippen MR) is 316 cm³/mol. The molecule has 1 unspecified atom stereocenters. The summed E-state index contributed by atoms with van der Waals surface area (Å²) in [5.74, 6) is -9.45. The number of hydrogen-bond acceptors (Lipinski definition) is 18. The van der Waals surface area contributed by atoms with Gasteiger partial charge in [0.05, 0.1) is 12.2 Å². The number of amides is 11. The second-order valence-corrected chi connectivity index (χ2v) is 22.0. The number of aliphatic hydroxyl groups excluding tert-OH is 2. The summed E-state index contributed by atoms with van der Waals surface area (Å²) in [4.78, 5) is 154. The third-order valence-electron chi connectivity index (χ3n) is 14.3. The highest BCUT2D eigenvalue weighted by Crippen LogP contribution is 2.14. The lowest BCUT2D eigenvalue weighted by Gasteiger charge is -2.29. The lowest BCUT2D eigenvalue weighted by Crippen LogP contribution is -2.62. The summed E-state index contributed by atoms with van der Waals surface area (Å²) in [6.07, 6.45) is -1.05. The van der Waals surface area contributed by atoms with Gasteiger partial charge in [-0.3, -0.25) is 52.7 Å². The average molecular weight is 1200 g/mol. The Kier molecular flexibility index (Phi) is 34.6. The topological polar surface area (TPSA) is 491 Å². The summed E-state index contributed by atoms with van der Waals surface area (Å²) >= 11 is 0. The van der Waals surface area contributed by atoms with Crippen LogP contribution in [0, 0.1) is 11.8 Å². The minimum absolute atomic E-state index is 0.0173. The van der Waals surface area contributed by atoms with Gasteiger partial charge in [-0.1, -0.05) is 77.3 Å². The van der Waals surface area contributed by atoms with Gasteiger partial charge in [-0.15, -0.1) is 0 Å². The Morgan fingerprint density at radius 1 is 0.565 bits per heavy atom. The summed E-state index contributed by atoms with van der Waals surface area (Å²) in [5, 5.41) is 49.7. The highest BCUT2D eigenvalue weighted by atomic mass is 16.3. The van der Waals surface area contributed by atoms with Gasteiger partial charge in [-0.25, -0.2) is 0 Å². The van der Waals surface area contributed by atoms with E-state index in [4.69, 9.17) is 28.7 Å². The second kappa shape index (κ2) is 39.7. The van der Waals surface area contributed by atoms with Crippen LogP contribution in [0.5, 0.6) is 0 Å². The van der Waals surface area contributed by atoms with Crippen LogP contribution in [0.3, 0.4) is 0 Å². The number of nitrogens with two attached hydrogens (primary N) is 5. The zero-order valence-corrected chi connectivity index (χ0v) is 50.2. The summed E-state index contributed by atoms with van der Waals surface area (Å²) < 4.78 is 0. The molecule has 11 amide bonds. The van der Waals surface area contributed by atoms with Crippen molar-refractivity contribution >= 4 is 65.0 Å². The van der Waals surface area contributed by atoms with E-state index in [1.807, 2.05) is 0 Å². The van der Waals surface area contributed by atoms with Gasteiger partial charge in [0, 0.05) is 19.4 Å². The van der Waals surface area contributed by atoms with Crippen LogP contribution >= 0.6 is 0 Å². The fourth-order valence-electron chi connectivity index (χ4n) is 9.12. The fourth-order valence-corrected chi connectivity index (χ4v) is 9.12. The van der Waals surface area contributed by atoms with Crippen molar-refractivity contribution < 1.29 is 63.0 Å². The maximum Gasteiger partial charge on any atom is 0.245 e. The van der Waals surface area contributed by atoms with Crippen molar-refractivity contribution in [2.75, 3.05) is 39.3 Å². The molecule has 23 N–H and O–H groups in total. The number of benzene rings is 1. The SMILES string of the molecule is CCC(C)CCCCC(=O)N[C@@H](CCN)C(=O)N[C@H](C(=O)N[C@@H](CCN)C(=O)N[C@H]1CCNC(=O)[C@H]([C@@H](C)O)NC(=O)[C@H](CCN)NC(=O)[C@H](CCN)NC(=O)[C@H](CC(C)C)NC(=O)[C@@H](Cc2ccccc2)NC(=O)[C@H](CCN)NC1=O)[C@@H](C)O. The van der Waals surface area contributed by atoms with Crippen molar-refractivity contribution in [1.29, 1.82) is 0 Å². The minimum Gasteiger partial charge on any atom is -0.391 e. The number of unbranched alkanes of at least 4 members (excludes halogenated alkanes) is 1. The lowest BCUT2D eigenvalue weighted by molar-refractivity contribution is -0.137. The molecule has 1 aromatic carbocycles. The van der Waals surface area contributed by atoms with Crippen molar-refractivity contribution in [2.45, 2.75) is 198 Å². The summed E-state index contributed by atoms with van der Waals surface area (Å²) in [6, 6.07) is -6.23. The lowest BCUT2D eigenvalue weighted by atomic mass is 10.00. The molecule has 0 bridgehead atoms. The first-order chi connectivity index (χ1) is 40.3. The first kappa shape index (κ1) is 74.2. The van der Waals surface area contributed by atoms with E-state index in [-0.39, 0.29) is 90.0 Å². The first-order valence-corrected chi connectivity index (χ1v) is 29.5. The zero-order valence-electron chi connectivity index (χ0n) is 50.2. The van der Waals surface area contributed by atoms with Crippen LogP contribution in [-0.4, -0.2) is 187 Å². The Morgan fingerprint density at radius 3 is 1.56 bits per heavy atom. The minimum atomic E-state index is -1.70. The normalized spacial score (nSPS) is 22.9. The molecule has 85 heavy (non-hydrogen) atoms. The maximum atomic E-state index is 14.5. The van der Waals surface area contributed by atoms with Crippen molar-refractivity contribution in [3.8, 4) is 0 Å². The Balaban J connectivity index is 2.67. The van der Waals surface area contributed by atoms with Crippen LogP contribution in [0.2, 0.25) is 0 Å². The zero-order chi connectivity index (χ0) is 63.8. The van der Waals surface area contributed by atoms with E-state index in [2.05, 4.69) is 72.3 Å². The fraction of sp³-hybridized carbons (Fsp3) is 0.696. The highest BCUT2D eigenvalue weighted by Gasteiger charge is 2.37. The third kappa shape index (κ3) is 26.9. The molecule has 0 spiro atoms. The largest absolute Gasteiger partial charge is 0.391 e. The quantitative estimate of drug-likeness (QED) is 0.0333. The third-order valence-corrected chi connectivity index (χ3v) is 14.3. The van der Waals surface area contributed by atoms with Crippen molar-refractivity contribution in [3.63, 3.8) is 0 Å². The van der Waals surface area contributed by atoms with Gasteiger partial charge >= 0.3 is 0 Å². The molecule has 13 atom stereocenters. The molecule has 1 fully saturated rings. The van der Waals surface area contributed by atoms with E-state index < -0.39 is 151 Å². The van der Waals surface area contributed by atoms with Crippen LogP contribution in [0.4, 0.5) is 0 Å². The van der Waals surface area contributed by atoms with Gasteiger partial charge in [0.2, 0.25) is 65.0 Å². The Hall–Kier alpha value is -6.89. The molecule has 0 radical (unpaired) electrons. The van der Waals surface area contributed by atoms with Gasteiger partial charge in [0.1, 0.15) is 60.4 Å².